The van der Waals surface area contributed by atoms with Crippen LogP contribution in [0.1, 0.15) is 200 Å². The molecule has 1 aliphatic carbocycles. The monoisotopic (exact) mass is 825 g/mol. The number of carbonyl (C=O) groups excluding carboxylic acids is 2. The number of hydrogen-bond acceptors (Lipinski definition) is 12. The minimum atomic E-state index is -5.10. The molecule has 332 valence electrons. The van der Waals surface area contributed by atoms with E-state index in [1.165, 1.54) is 109 Å². The summed E-state index contributed by atoms with van der Waals surface area (Å²) in [6.45, 7) is 3.23. The van der Waals surface area contributed by atoms with Crippen molar-refractivity contribution in [2.75, 3.05) is 13.2 Å². The molecule has 1 fully saturated rings. The van der Waals surface area contributed by atoms with Gasteiger partial charge in [0.1, 0.15) is 43.2 Å². The van der Waals surface area contributed by atoms with Gasteiger partial charge in [-0.05, 0) is 12.8 Å². The van der Waals surface area contributed by atoms with Gasteiger partial charge in [-0.1, -0.05) is 174 Å². The lowest BCUT2D eigenvalue weighted by atomic mass is 9.85. The first-order valence-electron chi connectivity index (χ1n) is 22.3. The van der Waals surface area contributed by atoms with Crippen molar-refractivity contribution in [2.45, 2.75) is 243 Å². The number of rotatable bonds is 37. The van der Waals surface area contributed by atoms with Crippen LogP contribution < -0.4 is 0 Å². The zero-order valence-electron chi connectivity index (χ0n) is 34.9. The Balaban J connectivity index is 2.33. The van der Waals surface area contributed by atoms with Crippen molar-refractivity contribution >= 4 is 19.8 Å². The summed E-state index contributed by atoms with van der Waals surface area (Å²) in [4.78, 5) is 35.4. The first-order chi connectivity index (χ1) is 26.9. The lowest BCUT2D eigenvalue weighted by molar-refractivity contribution is -0.220. The van der Waals surface area contributed by atoms with Crippen molar-refractivity contribution in [3.05, 3.63) is 0 Å². The summed E-state index contributed by atoms with van der Waals surface area (Å²) < 4.78 is 33.3. The summed E-state index contributed by atoms with van der Waals surface area (Å²) in [6, 6.07) is 0. The third kappa shape index (κ3) is 26.1. The largest absolute Gasteiger partial charge is 0.472 e. The van der Waals surface area contributed by atoms with Crippen LogP contribution in [-0.4, -0.2) is 98.3 Å². The summed E-state index contributed by atoms with van der Waals surface area (Å²) >= 11 is 0. The number of unbranched alkanes of at least 4 members (excludes halogenated alkanes) is 25. The van der Waals surface area contributed by atoms with E-state index in [4.69, 9.17) is 18.5 Å². The standard InChI is InChI=1S/C42H81O13P/c1-3-5-7-9-11-12-13-14-15-16-17-18-19-20-21-22-23-24-25-27-29-31-36(44)54-34(32-52-35(43)30-28-26-10-8-6-4-2)33-53-56(50,51)55-42-40(48)38(46)37(45)39(47)41(42)49/h34,37-42,45-49H,3-33H2,1-2H3,(H,50,51). The Hall–Kier alpha value is -1.15. The Kier molecular flexibility index (Phi) is 31.8. The summed E-state index contributed by atoms with van der Waals surface area (Å²) in [5, 5.41) is 49.9. The number of aliphatic hydroxyl groups is 5. The molecule has 6 N–H and O–H groups in total. The second-order valence-corrected chi connectivity index (χ2v) is 17.3. The molecule has 0 saturated heterocycles. The summed E-state index contributed by atoms with van der Waals surface area (Å²) in [5.74, 6) is -1.10. The highest BCUT2D eigenvalue weighted by molar-refractivity contribution is 7.47. The van der Waals surface area contributed by atoms with Crippen LogP contribution in [0.3, 0.4) is 0 Å². The maximum absolute atomic E-state index is 12.7. The highest BCUT2D eigenvalue weighted by atomic mass is 31.2. The summed E-state index contributed by atoms with van der Waals surface area (Å²) in [5.41, 5.74) is 0. The van der Waals surface area contributed by atoms with Crippen LogP contribution in [0.5, 0.6) is 0 Å². The van der Waals surface area contributed by atoms with Gasteiger partial charge >= 0.3 is 19.8 Å². The molecular weight excluding hydrogens is 743 g/mol. The van der Waals surface area contributed by atoms with E-state index in [9.17, 15) is 44.6 Å². The average molecular weight is 825 g/mol. The minimum absolute atomic E-state index is 0.104. The first kappa shape index (κ1) is 52.9. The molecule has 0 spiro atoms. The molecular formula is C42H81O13P. The van der Waals surface area contributed by atoms with E-state index in [1.807, 2.05) is 0 Å². The molecule has 6 atom stereocenters. The molecule has 1 saturated carbocycles. The quantitative estimate of drug-likeness (QED) is 0.0199. The minimum Gasteiger partial charge on any atom is -0.462 e. The van der Waals surface area contributed by atoms with Crippen molar-refractivity contribution in [1.29, 1.82) is 0 Å². The molecule has 1 rings (SSSR count). The van der Waals surface area contributed by atoms with E-state index in [0.29, 0.717) is 12.8 Å². The van der Waals surface area contributed by atoms with E-state index < -0.39 is 75.7 Å². The average Bonchev–Trinajstić information content (AvgIpc) is 3.18. The highest BCUT2D eigenvalue weighted by Crippen LogP contribution is 2.47. The first-order valence-corrected chi connectivity index (χ1v) is 23.8. The van der Waals surface area contributed by atoms with Crippen LogP contribution in [0.25, 0.3) is 0 Å². The van der Waals surface area contributed by atoms with Gasteiger partial charge in [0.2, 0.25) is 0 Å². The molecule has 56 heavy (non-hydrogen) atoms. The number of carbonyl (C=O) groups is 2. The predicted octanol–water partition coefficient (Wildman–Crippen LogP) is 8.11. The third-order valence-corrected chi connectivity index (χ3v) is 11.7. The molecule has 1 aliphatic rings. The maximum atomic E-state index is 12.7. The lowest BCUT2D eigenvalue weighted by Gasteiger charge is -2.41. The molecule has 0 aromatic carbocycles. The van der Waals surface area contributed by atoms with Crippen LogP contribution in [0, 0.1) is 0 Å². The Morgan fingerprint density at radius 1 is 0.482 bits per heavy atom. The van der Waals surface area contributed by atoms with Crippen LogP contribution in [-0.2, 0) is 32.7 Å². The van der Waals surface area contributed by atoms with Crippen molar-refractivity contribution in [1.82, 2.24) is 0 Å². The van der Waals surface area contributed by atoms with Gasteiger partial charge < -0.3 is 39.9 Å². The van der Waals surface area contributed by atoms with Gasteiger partial charge in [0.25, 0.3) is 0 Å². The molecule has 0 aromatic rings. The van der Waals surface area contributed by atoms with E-state index in [0.717, 1.165) is 51.4 Å². The van der Waals surface area contributed by atoms with Crippen molar-refractivity contribution < 1.29 is 63.1 Å². The molecule has 0 heterocycles. The number of hydrogen-bond donors (Lipinski definition) is 6. The molecule has 0 amide bonds. The van der Waals surface area contributed by atoms with Crippen molar-refractivity contribution in [3.8, 4) is 0 Å². The third-order valence-electron chi connectivity index (χ3n) is 10.7. The van der Waals surface area contributed by atoms with Gasteiger partial charge in [0.15, 0.2) is 6.10 Å². The van der Waals surface area contributed by atoms with E-state index in [2.05, 4.69) is 13.8 Å². The van der Waals surface area contributed by atoms with Gasteiger partial charge in [0.05, 0.1) is 6.61 Å². The van der Waals surface area contributed by atoms with Crippen molar-refractivity contribution in [2.24, 2.45) is 0 Å². The summed E-state index contributed by atoms with van der Waals surface area (Å²) in [6.07, 6.45) is 19.3. The number of phosphoric acid groups is 1. The fourth-order valence-corrected chi connectivity index (χ4v) is 8.03. The van der Waals surface area contributed by atoms with Gasteiger partial charge in [-0.15, -0.1) is 0 Å². The number of ether oxygens (including phenoxy) is 2. The SMILES string of the molecule is CCCCCCCCCCCCCCCCCCCCCCCC(=O)OC(COC(=O)CCCCCCCC)COP(=O)(O)OC1C(O)C(O)C(O)C(O)C1O. The molecule has 0 aromatic heterocycles. The molecule has 0 aliphatic heterocycles. The Morgan fingerprint density at radius 2 is 0.804 bits per heavy atom. The van der Waals surface area contributed by atoms with Gasteiger partial charge in [0, 0.05) is 12.8 Å². The van der Waals surface area contributed by atoms with Crippen LogP contribution in [0.2, 0.25) is 0 Å². The predicted molar refractivity (Wildman–Crippen MR) is 217 cm³/mol. The number of phosphoric ester groups is 1. The van der Waals surface area contributed by atoms with E-state index in [1.54, 1.807) is 0 Å². The molecule has 13 nitrogen and oxygen atoms in total. The van der Waals surface area contributed by atoms with Crippen LogP contribution >= 0.6 is 7.82 Å². The zero-order valence-corrected chi connectivity index (χ0v) is 35.8. The maximum Gasteiger partial charge on any atom is 0.472 e. The topological polar surface area (TPSA) is 210 Å². The van der Waals surface area contributed by atoms with Gasteiger partial charge in [-0.3, -0.25) is 18.6 Å². The lowest BCUT2D eigenvalue weighted by Crippen LogP contribution is -2.64. The van der Waals surface area contributed by atoms with Crippen molar-refractivity contribution in [3.63, 3.8) is 0 Å². The Morgan fingerprint density at radius 3 is 1.18 bits per heavy atom. The van der Waals surface area contributed by atoms with Crippen LogP contribution in [0.4, 0.5) is 0 Å². The molecule has 6 unspecified atom stereocenters. The number of esters is 2. The van der Waals surface area contributed by atoms with Crippen LogP contribution in [0.15, 0.2) is 0 Å². The van der Waals surface area contributed by atoms with Gasteiger partial charge in [-0.25, -0.2) is 4.57 Å². The van der Waals surface area contributed by atoms with Gasteiger partial charge in [-0.2, -0.15) is 0 Å². The highest BCUT2D eigenvalue weighted by Gasteiger charge is 2.51. The normalized spacial score (nSPS) is 22.8. The second kappa shape index (κ2) is 33.7. The molecule has 14 heteroatoms. The fourth-order valence-electron chi connectivity index (χ4n) is 7.05. The summed E-state index contributed by atoms with van der Waals surface area (Å²) in [7, 11) is -5.10. The molecule has 0 radical (unpaired) electrons. The smallest absolute Gasteiger partial charge is 0.462 e. The zero-order chi connectivity index (χ0) is 41.4. The van der Waals surface area contributed by atoms with E-state index >= 15 is 0 Å². The molecule has 0 bridgehead atoms. The Bertz CT molecular complexity index is 1000. The second-order valence-electron chi connectivity index (χ2n) is 15.9. The van der Waals surface area contributed by atoms with E-state index in [-0.39, 0.29) is 12.8 Å². The Labute approximate surface area is 338 Å². The fraction of sp³-hybridized carbons (Fsp3) is 0.952. The number of aliphatic hydroxyl groups excluding tert-OH is 5.